The number of amides is 1. The fourth-order valence-electron chi connectivity index (χ4n) is 2.96. The molecule has 0 spiro atoms. The van der Waals surface area contributed by atoms with Crippen LogP contribution >= 0.6 is 0 Å². The van der Waals surface area contributed by atoms with Gasteiger partial charge in [-0.15, -0.1) is 0 Å². The molecule has 3 rings (SSSR count). The number of benzene rings is 1. The highest BCUT2D eigenvalue weighted by molar-refractivity contribution is 5.68. The lowest BCUT2D eigenvalue weighted by molar-refractivity contribution is 0.0920. The minimum absolute atomic E-state index is 0.0245. The molecule has 1 atom stereocenters. The Hall–Kier alpha value is -2.56. The minimum atomic E-state index is -0.268. The average Bonchev–Trinajstić information content (AvgIpc) is 3.11. The summed E-state index contributed by atoms with van der Waals surface area (Å²) in [6.45, 7) is 3.53. The Labute approximate surface area is 142 Å². The van der Waals surface area contributed by atoms with Gasteiger partial charge in [-0.05, 0) is 30.9 Å². The van der Waals surface area contributed by atoms with Gasteiger partial charge in [-0.2, -0.15) is 0 Å². The highest BCUT2D eigenvalue weighted by Gasteiger charge is 2.31. The van der Waals surface area contributed by atoms with Crippen molar-refractivity contribution >= 4 is 6.09 Å². The molecule has 2 aromatic rings. The molecule has 0 saturated carbocycles. The predicted molar refractivity (Wildman–Crippen MR) is 90.7 cm³/mol. The SMILES string of the molecule is CCOc1ccc([C@@H]2CCCN2C(=O)OCc2ccccc2)cn1. The second kappa shape index (κ2) is 7.81. The van der Waals surface area contributed by atoms with Crippen LogP contribution < -0.4 is 4.74 Å². The van der Waals surface area contributed by atoms with Crippen molar-refractivity contribution in [1.82, 2.24) is 9.88 Å². The standard InChI is InChI=1S/C19H22N2O3/c1-2-23-18-11-10-16(13-20-18)17-9-6-12-21(17)19(22)24-14-15-7-4-3-5-8-15/h3-5,7-8,10-11,13,17H,2,6,9,12,14H2,1H3/t17-/m0/s1. The van der Waals surface area contributed by atoms with Crippen molar-refractivity contribution in [3.05, 3.63) is 59.8 Å². The van der Waals surface area contributed by atoms with Crippen LogP contribution in [0.2, 0.25) is 0 Å². The van der Waals surface area contributed by atoms with Crippen LogP contribution in [0.4, 0.5) is 4.79 Å². The monoisotopic (exact) mass is 326 g/mol. The molecular formula is C19H22N2O3. The molecule has 1 aromatic heterocycles. The van der Waals surface area contributed by atoms with Crippen LogP contribution in [0.5, 0.6) is 5.88 Å². The lowest BCUT2D eigenvalue weighted by Crippen LogP contribution is -2.31. The fourth-order valence-corrected chi connectivity index (χ4v) is 2.96. The van der Waals surface area contributed by atoms with Gasteiger partial charge in [0.15, 0.2) is 0 Å². The van der Waals surface area contributed by atoms with Crippen molar-refractivity contribution < 1.29 is 14.3 Å². The molecule has 0 radical (unpaired) electrons. The summed E-state index contributed by atoms with van der Waals surface area (Å²) in [5.74, 6) is 0.609. The van der Waals surface area contributed by atoms with Crippen molar-refractivity contribution in [2.24, 2.45) is 0 Å². The average molecular weight is 326 g/mol. The van der Waals surface area contributed by atoms with Crippen LogP contribution in [0.3, 0.4) is 0 Å². The third-order valence-corrected chi connectivity index (χ3v) is 4.13. The third kappa shape index (κ3) is 3.85. The Morgan fingerprint density at radius 2 is 2.08 bits per heavy atom. The first-order valence-corrected chi connectivity index (χ1v) is 8.34. The van der Waals surface area contributed by atoms with Crippen LogP contribution in [0.1, 0.15) is 36.9 Å². The molecule has 1 saturated heterocycles. The van der Waals surface area contributed by atoms with Crippen LogP contribution in [0.25, 0.3) is 0 Å². The molecule has 1 fully saturated rings. The van der Waals surface area contributed by atoms with E-state index in [1.165, 1.54) is 0 Å². The maximum Gasteiger partial charge on any atom is 0.410 e. The topological polar surface area (TPSA) is 51.7 Å². The molecule has 24 heavy (non-hydrogen) atoms. The number of rotatable bonds is 5. The molecule has 2 heterocycles. The molecule has 0 unspecified atom stereocenters. The van der Waals surface area contributed by atoms with E-state index in [1.807, 2.05) is 49.4 Å². The number of pyridine rings is 1. The van der Waals surface area contributed by atoms with Gasteiger partial charge >= 0.3 is 6.09 Å². The summed E-state index contributed by atoms with van der Waals surface area (Å²) in [6.07, 6.45) is 3.42. The predicted octanol–water partition coefficient (Wildman–Crippen LogP) is 3.95. The third-order valence-electron chi connectivity index (χ3n) is 4.13. The van der Waals surface area contributed by atoms with Crippen molar-refractivity contribution in [2.75, 3.05) is 13.2 Å². The summed E-state index contributed by atoms with van der Waals surface area (Å²) in [5.41, 5.74) is 2.01. The van der Waals surface area contributed by atoms with Gasteiger partial charge in [0.05, 0.1) is 12.6 Å². The maximum absolute atomic E-state index is 12.4. The number of ether oxygens (including phenoxy) is 2. The first-order valence-electron chi connectivity index (χ1n) is 8.34. The molecule has 0 aliphatic carbocycles. The molecule has 5 nitrogen and oxygen atoms in total. The fraction of sp³-hybridized carbons (Fsp3) is 0.368. The van der Waals surface area contributed by atoms with Gasteiger partial charge < -0.3 is 14.4 Å². The zero-order chi connectivity index (χ0) is 16.8. The zero-order valence-electron chi connectivity index (χ0n) is 13.9. The Balaban J connectivity index is 1.63. The highest BCUT2D eigenvalue weighted by atomic mass is 16.6. The Morgan fingerprint density at radius 1 is 1.25 bits per heavy atom. The van der Waals surface area contributed by atoms with Gasteiger partial charge in [-0.25, -0.2) is 9.78 Å². The van der Waals surface area contributed by atoms with Gasteiger partial charge in [-0.3, -0.25) is 0 Å². The number of hydrogen-bond acceptors (Lipinski definition) is 4. The van der Waals surface area contributed by atoms with Crippen LogP contribution in [-0.4, -0.2) is 29.1 Å². The van der Waals surface area contributed by atoms with E-state index < -0.39 is 0 Å². The lowest BCUT2D eigenvalue weighted by atomic mass is 10.1. The van der Waals surface area contributed by atoms with Crippen molar-refractivity contribution in [1.29, 1.82) is 0 Å². The second-order valence-electron chi connectivity index (χ2n) is 5.75. The molecule has 1 amide bonds. The van der Waals surface area contributed by atoms with E-state index in [1.54, 1.807) is 11.1 Å². The molecule has 126 valence electrons. The smallest absolute Gasteiger partial charge is 0.410 e. The van der Waals surface area contributed by atoms with E-state index in [9.17, 15) is 4.79 Å². The quantitative estimate of drug-likeness (QED) is 0.835. The summed E-state index contributed by atoms with van der Waals surface area (Å²) < 4.78 is 10.8. The van der Waals surface area contributed by atoms with E-state index >= 15 is 0 Å². The van der Waals surface area contributed by atoms with E-state index in [2.05, 4.69) is 4.98 Å². The van der Waals surface area contributed by atoms with Crippen molar-refractivity contribution in [3.8, 4) is 5.88 Å². The summed E-state index contributed by atoms with van der Waals surface area (Å²) in [4.78, 5) is 18.5. The zero-order valence-corrected chi connectivity index (χ0v) is 13.9. The molecule has 1 aromatic carbocycles. The molecule has 5 heteroatoms. The highest BCUT2D eigenvalue weighted by Crippen LogP contribution is 2.32. The normalized spacial score (nSPS) is 16.9. The number of hydrogen-bond donors (Lipinski definition) is 0. The summed E-state index contributed by atoms with van der Waals surface area (Å²) in [5, 5.41) is 0. The van der Waals surface area contributed by atoms with Gasteiger partial charge in [-0.1, -0.05) is 36.4 Å². The van der Waals surface area contributed by atoms with Gasteiger partial charge in [0.1, 0.15) is 6.61 Å². The first-order chi connectivity index (χ1) is 11.8. The van der Waals surface area contributed by atoms with Gasteiger partial charge in [0.25, 0.3) is 0 Å². The molecular weight excluding hydrogens is 304 g/mol. The molecule has 1 aliphatic heterocycles. The first kappa shape index (κ1) is 16.3. The summed E-state index contributed by atoms with van der Waals surface area (Å²) in [6, 6.07) is 13.6. The van der Waals surface area contributed by atoms with Gasteiger partial charge in [0.2, 0.25) is 5.88 Å². The molecule has 1 aliphatic rings. The number of aromatic nitrogens is 1. The van der Waals surface area contributed by atoms with Crippen molar-refractivity contribution in [3.63, 3.8) is 0 Å². The number of nitrogens with zero attached hydrogens (tertiary/aromatic N) is 2. The number of carbonyl (C=O) groups is 1. The molecule has 0 N–H and O–H groups in total. The number of likely N-dealkylation sites (tertiary alicyclic amines) is 1. The maximum atomic E-state index is 12.4. The second-order valence-corrected chi connectivity index (χ2v) is 5.75. The number of carbonyl (C=O) groups excluding carboxylic acids is 1. The van der Waals surface area contributed by atoms with E-state index in [-0.39, 0.29) is 12.1 Å². The Morgan fingerprint density at radius 3 is 2.79 bits per heavy atom. The van der Waals surface area contributed by atoms with Crippen LogP contribution in [0.15, 0.2) is 48.7 Å². The summed E-state index contributed by atoms with van der Waals surface area (Å²) in [7, 11) is 0. The van der Waals surface area contributed by atoms with Crippen LogP contribution in [0, 0.1) is 0 Å². The molecule has 0 bridgehead atoms. The van der Waals surface area contributed by atoms with E-state index in [0.29, 0.717) is 25.6 Å². The van der Waals surface area contributed by atoms with Crippen LogP contribution in [-0.2, 0) is 11.3 Å². The van der Waals surface area contributed by atoms with E-state index in [0.717, 1.165) is 24.0 Å². The Kier molecular flexibility index (Phi) is 5.31. The lowest BCUT2D eigenvalue weighted by Gasteiger charge is -2.24. The van der Waals surface area contributed by atoms with E-state index in [4.69, 9.17) is 9.47 Å². The Bertz CT molecular complexity index is 658. The summed E-state index contributed by atoms with van der Waals surface area (Å²) >= 11 is 0. The van der Waals surface area contributed by atoms with Gasteiger partial charge in [0, 0.05) is 18.8 Å². The van der Waals surface area contributed by atoms with Crippen molar-refractivity contribution in [2.45, 2.75) is 32.4 Å². The largest absolute Gasteiger partial charge is 0.478 e. The minimum Gasteiger partial charge on any atom is -0.478 e.